The van der Waals surface area contributed by atoms with Gasteiger partial charge in [0, 0.05) is 12.6 Å². The number of amides is 2. The van der Waals surface area contributed by atoms with Crippen LogP contribution in [0.1, 0.15) is 31.2 Å². The molecule has 138 valence electrons. The SMILES string of the molecule is O=C(NCCc1ccccc1)NC1CCC(Oc2ccc(F)cc2)CC1. The molecule has 1 aliphatic rings. The van der Waals surface area contributed by atoms with Gasteiger partial charge in [0.05, 0.1) is 6.10 Å². The first-order chi connectivity index (χ1) is 12.7. The van der Waals surface area contributed by atoms with Gasteiger partial charge in [-0.25, -0.2) is 9.18 Å². The zero-order chi connectivity index (χ0) is 18.2. The molecule has 5 heteroatoms. The highest BCUT2D eigenvalue weighted by atomic mass is 19.1. The minimum absolute atomic E-state index is 0.108. The van der Waals surface area contributed by atoms with Gasteiger partial charge in [0.15, 0.2) is 0 Å². The Balaban J connectivity index is 1.33. The molecule has 0 aliphatic heterocycles. The van der Waals surface area contributed by atoms with Crippen molar-refractivity contribution in [3.63, 3.8) is 0 Å². The summed E-state index contributed by atoms with van der Waals surface area (Å²) in [7, 11) is 0. The highest BCUT2D eigenvalue weighted by Crippen LogP contribution is 2.24. The van der Waals surface area contributed by atoms with E-state index in [-0.39, 0.29) is 24.0 Å². The average Bonchev–Trinajstić information content (AvgIpc) is 2.66. The van der Waals surface area contributed by atoms with E-state index in [0.29, 0.717) is 12.3 Å². The van der Waals surface area contributed by atoms with Crippen LogP contribution in [-0.2, 0) is 6.42 Å². The molecule has 2 N–H and O–H groups in total. The van der Waals surface area contributed by atoms with Crippen LogP contribution < -0.4 is 15.4 Å². The maximum absolute atomic E-state index is 12.9. The van der Waals surface area contributed by atoms with Gasteiger partial charge < -0.3 is 15.4 Å². The van der Waals surface area contributed by atoms with Crippen LogP contribution in [0.5, 0.6) is 5.75 Å². The molecule has 1 saturated carbocycles. The first-order valence-corrected chi connectivity index (χ1v) is 9.19. The lowest BCUT2D eigenvalue weighted by atomic mass is 9.93. The van der Waals surface area contributed by atoms with E-state index in [2.05, 4.69) is 22.8 Å². The van der Waals surface area contributed by atoms with E-state index in [1.54, 1.807) is 12.1 Å². The van der Waals surface area contributed by atoms with E-state index >= 15 is 0 Å². The summed E-state index contributed by atoms with van der Waals surface area (Å²) in [5.41, 5.74) is 1.21. The predicted octanol–water partition coefficient (Wildman–Crippen LogP) is 4.06. The van der Waals surface area contributed by atoms with E-state index in [4.69, 9.17) is 4.74 Å². The molecule has 2 aromatic rings. The summed E-state index contributed by atoms with van der Waals surface area (Å²) in [5, 5.41) is 5.96. The zero-order valence-corrected chi connectivity index (χ0v) is 14.8. The number of carbonyl (C=O) groups excluding carboxylic acids is 1. The molecule has 3 rings (SSSR count). The Labute approximate surface area is 153 Å². The van der Waals surface area contributed by atoms with E-state index in [1.165, 1.54) is 17.7 Å². The van der Waals surface area contributed by atoms with Crippen LogP contribution in [0.25, 0.3) is 0 Å². The first-order valence-electron chi connectivity index (χ1n) is 9.19. The molecule has 0 radical (unpaired) electrons. The van der Waals surface area contributed by atoms with E-state index in [1.807, 2.05) is 18.2 Å². The van der Waals surface area contributed by atoms with Crippen molar-refractivity contribution in [3.8, 4) is 5.75 Å². The van der Waals surface area contributed by atoms with E-state index < -0.39 is 0 Å². The van der Waals surface area contributed by atoms with Crippen molar-refractivity contribution in [2.45, 2.75) is 44.2 Å². The Morgan fingerprint density at radius 3 is 2.38 bits per heavy atom. The Bertz CT molecular complexity index is 683. The van der Waals surface area contributed by atoms with Gasteiger partial charge >= 0.3 is 6.03 Å². The minimum Gasteiger partial charge on any atom is -0.490 e. The largest absolute Gasteiger partial charge is 0.490 e. The number of rotatable bonds is 6. The van der Waals surface area contributed by atoms with Crippen LogP contribution in [0.3, 0.4) is 0 Å². The molecule has 0 aromatic heterocycles. The van der Waals surface area contributed by atoms with Gasteiger partial charge in [0.2, 0.25) is 0 Å². The summed E-state index contributed by atoms with van der Waals surface area (Å²) in [4.78, 5) is 12.0. The van der Waals surface area contributed by atoms with Gasteiger partial charge in [-0.3, -0.25) is 0 Å². The number of carbonyl (C=O) groups is 1. The number of halogens is 1. The first kappa shape index (κ1) is 18.2. The Morgan fingerprint density at radius 2 is 1.69 bits per heavy atom. The molecular formula is C21H25FN2O2. The summed E-state index contributed by atoms with van der Waals surface area (Å²) in [6, 6.07) is 16.3. The molecule has 0 bridgehead atoms. The van der Waals surface area contributed by atoms with Crippen LogP contribution in [0.4, 0.5) is 9.18 Å². The smallest absolute Gasteiger partial charge is 0.315 e. The maximum atomic E-state index is 12.9. The van der Waals surface area contributed by atoms with E-state index in [9.17, 15) is 9.18 Å². The summed E-state index contributed by atoms with van der Waals surface area (Å²) < 4.78 is 18.8. The van der Waals surface area contributed by atoms with Crippen molar-refractivity contribution >= 4 is 6.03 Å². The fourth-order valence-corrected chi connectivity index (χ4v) is 3.23. The Hall–Kier alpha value is -2.56. The number of urea groups is 1. The average molecular weight is 356 g/mol. The minimum atomic E-state index is -0.261. The maximum Gasteiger partial charge on any atom is 0.315 e. The molecule has 0 atom stereocenters. The summed E-state index contributed by atoms with van der Waals surface area (Å²) in [5.74, 6) is 0.435. The van der Waals surface area contributed by atoms with Crippen molar-refractivity contribution < 1.29 is 13.9 Å². The van der Waals surface area contributed by atoms with Crippen molar-refractivity contribution in [3.05, 3.63) is 66.0 Å². The molecule has 1 fully saturated rings. The number of nitrogens with one attached hydrogen (secondary N) is 2. The lowest BCUT2D eigenvalue weighted by molar-refractivity contribution is 0.140. The Kier molecular flexibility index (Phi) is 6.47. The van der Waals surface area contributed by atoms with Crippen LogP contribution in [-0.4, -0.2) is 24.7 Å². The molecular weight excluding hydrogens is 331 g/mol. The molecule has 26 heavy (non-hydrogen) atoms. The normalized spacial score (nSPS) is 19.6. The third-order valence-corrected chi connectivity index (χ3v) is 4.67. The second kappa shape index (κ2) is 9.22. The second-order valence-electron chi connectivity index (χ2n) is 6.68. The van der Waals surface area contributed by atoms with Gasteiger partial charge in [0.1, 0.15) is 11.6 Å². The standard InChI is InChI=1S/C21H25FN2O2/c22-17-6-10-19(11-7-17)26-20-12-8-18(9-13-20)24-21(25)23-15-14-16-4-2-1-3-5-16/h1-7,10-11,18,20H,8-9,12-15H2,(H2,23,24,25). The molecule has 0 spiro atoms. The monoisotopic (exact) mass is 356 g/mol. The van der Waals surface area contributed by atoms with E-state index in [0.717, 1.165) is 32.1 Å². The number of hydrogen-bond donors (Lipinski definition) is 2. The number of benzene rings is 2. The third-order valence-electron chi connectivity index (χ3n) is 4.67. The highest BCUT2D eigenvalue weighted by Gasteiger charge is 2.23. The lowest BCUT2D eigenvalue weighted by Crippen LogP contribution is -2.45. The number of ether oxygens (including phenoxy) is 1. The van der Waals surface area contributed by atoms with Crippen molar-refractivity contribution in [2.75, 3.05) is 6.54 Å². The fourth-order valence-electron chi connectivity index (χ4n) is 3.23. The molecule has 0 saturated heterocycles. The number of hydrogen-bond acceptors (Lipinski definition) is 2. The Morgan fingerprint density at radius 1 is 1.00 bits per heavy atom. The van der Waals surface area contributed by atoms with Gasteiger partial charge in [0.25, 0.3) is 0 Å². The van der Waals surface area contributed by atoms with Crippen molar-refractivity contribution in [1.29, 1.82) is 0 Å². The van der Waals surface area contributed by atoms with Gasteiger partial charge in [-0.1, -0.05) is 30.3 Å². The predicted molar refractivity (Wildman–Crippen MR) is 99.8 cm³/mol. The highest BCUT2D eigenvalue weighted by molar-refractivity contribution is 5.74. The molecule has 4 nitrogen and oxygen atoms in total. The van der Waals surface area contributed by atoms with Crippen molar-refractivity contribution in [1.82, 2.24) is 10.6 Å². The second-order valence-corrected chi connectivity index (χ2v) is 6.68. The summed E-state index contributed by atoms with van der Waals surface area (Å²) >= 11 is 0. The van der Waals surface area contributed by atoms with Gasteiger partial charge in [-0.05, 0) is 61.9 Å². The van der Waals surface area contributed by atoms with Crippen LogP contribution >= 0.6 is 0 Å². The molecule has 0 unspecified atom stereocenters. The van der Waals surface area contributed by atoms with Crippen LogP contribution in [0.15, 0.2) is 54.6 Å². The molecule has 2 amide bonds. The molecule has 1 aliphatic carbocycles. The van der Waals surface area contributed by atoms with Crippen molar-refractivity contribution in [2.24, 2.45) is 0 Å². The van der Waals surface area contributed by atoms with Gasteiger partial charge in [-0.15, -0.1) is 0 Å². The molecule has 2 aromatic carbocycles. The van der Waals surface area contributed by atoms with Gasteiger partial charge in [-0.2, -0.15) is 0 Å². The molecule has 0 heterocycles. The zero-order valence-electron chi connectivity index (χ0n) is 14.8. The quantitative estimate of drug-likeness (QED) is 0.820. The van der Waals surface area contributed by atoms with Crippen LogP contribution in [0, 0.1) is 5.82 Å². The fraction of sp³-hybridized carbons (Fsp3) is 0.381. The summed E-state index contributed by atoms with van der Waals surface area (Å²) in [6.07, 6.45) is 4.49. The lowest BCUT2D eigenvalue weighted by Gasteiger charge is -2.29. The topological polar surface area (TPSA) is 50.4 Å². The third kappa shape index (κ3) is 5.76. The van der Waals surface area contributed by atoms with Crippen LogP contribution in [0.2, 0.25) is 0 Å². The summed E-state index contributed by atoms with van der Waals surface area (Å²) in [6.45, 7) is 0.624.